The first-order valence-corrected chi connectivity index (χ1v) is 13.5. The van der Waals surface area contributed by atoms with Crippen molar-refractivity contribution in [3.63, 3.8) is 0 Å². The Labute approximate surface area is 223 Å². The van der Waals surface area contributed by atoms with Crippen molar-refractivity contribution in [2.45, 2.75) is 0 Å². The molecule has 0 amide bonds. The van der Waals surface area contributed by atoms with Crippen LogP contribution in [0.5, 0.6) is 0 Å². The van der Waals surface area contributed by atoms with Gasteiger partial charge in [0.15, 0.2) is 0 Å². The minimum atomic E-state index is 0.998. The van der Waals surface area contributed by atoms with E-state index in [1.807, 2.05) is 18.5 Å². The van der Waals surface area contributed by atoms with Crippen molar-refractivity contribution >= 4 is 53.4 Å². The molecule has 0 radical (unpaired) electrons. The van der Waals surface area contributed by atoms with Gasteiger partial charge in [-0.15, -0.1) is 11.3 Å². The Kier molecular flexibility index (Phi) is 4.69. The maximum absolute atomic E-state index is 4.93. The molecule has 4 heteroatoms. The Balaban J connectivity index is 1.43. The molecule has 0 saturated carbocycles. The Bertz CT molecular complexity index is 2100. The van der Waals surface area contributed by atoms with E-state index in [0.717, 1.165) is 33.4 Å². The maximum atomic E-state index is 4.93. The second kappa shape index (κ2) is 8.37. The van der Waals surface area contributed by atoms with Gasteiger partial charge in [0.05, 0.1) is 37.3 Å². The largest absolute Gasteiger partial charge is 0.309 e. The van der Waals surface area contributed by atoms with E-state index in [-0.39, 0.29) is 0 Å². The van der Waals surface area contributed by atoms with Crippen LogP contribution in [0.15, 0.2) is 128 Å². The third-order valence-electron chi connectivity index (χ3n) is 7.34. The summed E-state index contributed by atoms with van der Waals surface area (Å²) in [4.78, 5) is 9.60. The number of para-hydroxylation sites is 3. The van der Waals surface area contributed by atoms with Gasteiger partial charge < -0.3 is 4.57 Å². The lowest BCUT2D eigenvalue weighted by Gasteiger charge is -2.16. The quantitative estimate of drug-likeness (QED) is 0.240. The molecule has 4 aromatic heterocycles. The van der Waals surface area contributed by atoms with E-state index < -0.39 is 0 Å². The van der Waals surface area contributed by atoms with Crippen molar-refractivity contribution in [1.82, 2.24) is 14.5 Å². The highest BCUT2D eigenvalue weighted by Crippen LogP contribution is 2.43. The average molecular weight is 504 g/mol. The Morgan fingerprint density at radius 2 is 1.16 bits per heavy atom. The molecular formula is C34H21N3S. The van der Waals surface area contributed by atoms with Crippen LogP contribution in [-0.2, 0) is 0 Å². The number of benzene rings is 4. The Hall–Kier alpha value is -4.80. The Morgan fingerprint density at radius 3 is 1.95 bits per heavy atom. The minimum absolute atomic E-state index is 0.998. The van der Waals surface area contributed by atoms with Crippen LogP contribution in [0.4, 0.5) is 0 Å². The van der Waals surface area contributed by atoms with Gasteiger partial charge in [0, 0.05) is 39.7 Å². The maximum Gasteiger partial charge on any atom is 0.0889 e. The van der Waals surface area contributed by atoms with Crippen molar-refractivity contribution in [2.75, 3.05) is 0 Å². The monoisotopic (exact) mass is 503 g/mol. The first-order chi connectivity index (χ1) is 18.9. The molecule has 8 rings (SSSR count). The van der Waals surface area contributed by atoms with Crippen molar-refractivity contribution in [3.8, 4) is 28.1 Å². The summed E-state index contributed by atoms with van der Waals surface area (Å²) in [5.41, 5.74) is 9.06. The predicted molar refractivity (Wildman–Crippen MR) is 160 cm³/mol. The second-order valence-electron chi connectivity index (χ2n) is 9.42. The molecule has 0 aliphatic heterocycles. The van der Waals surface area contributed by atoms with Crippen LogP contribution in [-0.4, -0.2) is 14.5 Å². The lowest BCUT2D eigenvalue weighted by Crippen LogP contribution is -1.98. The molecule has 4 aromatic carbocycles. The highest BCUT2D eigenvalue weighted by Gasteiger charge is 2.19. The number of pyridine rings is 2. The molecule has 0 unspecified atom stereocenters. The lowest BCUT2D eigenvalue weighted by molar-refractivity contribution is 1.18. The molecule has 0 aliphatic carbocycles. The highest BCUT2D eigenvalue weighted by atomic mass is 32.1. The number of nitrogens with zero attached hydrogens (tertiary/aromatic N) is 3. The SMILES string of the molecule is c1ccc(-c2nccc3c2sc2cccnc23)c(-c2ccccc2-n2c3ccccc3c3ccccc32)c1. The molecule has 0 atom stereocenters. The summed E-state index contributed by atoms with van der Waals surface area (Å²) in [6.45, 7) is 0. The van der Waals surface area contributed by atoms with Crippen LogP contribution in [0.1, 0.15) is 0 Å². The summed E-state index contributed by atoms with van der Waals surface area (Å²) in [5, 5.41) is 3.67. The van der Waals surface area contributed by atoms with Gasteiger partial charge in [0.1, 0.15) is 0 Å². The van der Waals surface area contributed by atoms with E-state index in [1.165, 1.54) is 36.8 Å². The fourth-order valence-electron chi connectivity index (χ4n) is 5.72. The summed E-state index contributed by atoms with van der Waals surface area (Å²) in [7, 11) is 0. The first kappa shape index (κ1) is 21.3. The third kappa shape index (κ3) is 3.07. The van der Waals surface area contributed by atoms with Crippen LogP contribution >= 0.6 is 11.3 Å². The molecule has 178 valence electrons. The van der Waals surface area contributed by atoms with E-state index in [4.69, 9.17) is 4.98 Å². The molecule has 0 fully saturated rings. The number of aromatic nitrogens is 3. The summed E-state index contributed by atoms with van der Waals surface area (Å²) < 4.78 is 4.75. The van der Waals surface area contributed by atoms with Crippen LogP contribution in [0, 0.1) is 0 Å². The molecule has 4 heterocycles. The van der Waals surface area contributed by atoms with Crippen molar-refractivity contribution in [3.05, 3.63) is 128 Å². The summed E-state index contributed by atoms with van der Waals surface area (Å²) in [5.74, 6) is 0. The zero-order valence-electron chi connectivity index (χ0n) is 20.4. The van der Waals surface area contributed by atoms with Crippen molar-refractivity contribution in [1.29, 1.82) is 0 Å². The van der Waals surface area contributed by atoms with E-state index in [2.05, 4.69) is 119 Å². The van der Waals surface area contributed by atoms with Gasteiger partial charge >= 0.3 is 0 Å². The smallest absolute Gasteiger partial charge is 0.0889 e. The van der Waals surface area contributed by atoms with Crippen LogP contribution in [0.2, 0.25) is 0 Å². The first-order valence-electron chi connectivity index (χ1n) is 12.7. The second-order valence-corrected chi connectivity index (χ2v) is 10.5. The molecule has 38 heavy (non-hydrogen) atoms. The van der Waals surface area contributed by atoms with E-state index in [0.29, 0.717) is 0 Å². The average Bonchev–Trinajstić information content (AvgIpc) is 3.53. The van der Waals surface area contributed by atoms with Gasteiger partial charge in [-0.1, -0.05) is 78.9 Å². The molecule has 0 saturated heterocycles. The molecule has 0 aliphatic rings. The van der Waals surface area contributed by atoms with E-state index in [9.17, 15) is 0 Å². The lowest BCUT2D eigenvalue weighted by atomic mass is 9.95. The molecule has 0 spiro atoms. The standard InChI is InChI=1S/C34H21N3S/c1-2-14-26(33-34-27(19-21-36-33)32-31(38-34)18-9-20-35-32)22(10-1)23-11-3-6-15-28(23)37-29-16-7-4-12-24(29)25-13-5-8-17-30(25)37/h1-21H. The van der Waals surface area contributed by atoms with Gasteiger partial charge in [-0.05, 0) is 42.0 Å². The zero-order valence-corrected chi connectivity index (χ0v) is 21.2. The van der Waals surface area contributed by atoms with Crippen LogP contribution in [0.25, 0.3) is 70.2 Å². The van der Waals surface area contributed by atoms with Crippen molar-refractivity contribution < 1.29 is 0 Å². The molecule has 8 aromatic rings. The summed E-state index contributed by atoms with van der Waals surface area (Å²) in [6.07, 6.45) is 3.78. The van der Waals surface area contributed by atoms with E-state index in [1.54, 1.807) is 11.3 Å². The van der Waals surface area contributed by atoms with Gasteiger partial charge in [-0.3, -0.25) is 9.97 Å². The van der Waals surface area contributed by atoms with Crippen LogP contribution < -0.4 is 0 Å². The molecular weight excluding hydrogens is 482 g/mol. The number of rotatable bonds is 3. The number of thiophene rings is 1. The Morgan fingerprint density at radius 1 is 0.500 bits per heavy atom. The highest BCUT2D eigenvalue weighted by molar-refractivity contribution is 7.26. The van der Waals surface area contributed by atoms with Gasteiger partial charge in [0.2, 0.25) is 0 Å². The van der Waals surface area contributed by atoms with Gasteiger partial charge in [0.25, 0.3) is 0 Å². The number of hydrogen-bond acceptors (Lipinski definition) is 3. The minimum Gasteiger partial charge on any atom is -0.309 e. The van der Waals surface area contributed by atoms with E-state index >= 15 is 0 Å². The van der Waals surface area contributed by atoms with Gasteiger partial charge in [-0.25, -0.2) is 0 Å². The fraction of sp³-hybridized carbons (Fsp3) is 0. The topological polar surface area (TPSA) is 30.7 Å². The van der Waals surface area contributed by atoms with Crippen LogP contribution in [0.3, 0.4) is 0 Å². The normalized spacial score (nSPS) is 11.7. The molecule has 0 bridgehead atoms. The summed E-state index contributed by atoms with van der Waals surface area (Å²) >= 11 is 1.76. The molecule has 3 nitrogen and oxygen atoms in total. The fourth-order valence-corrected chi connectivity index (χ4v) is 6.88. The van der Waals surface area contributed by atoms with Gasteiger partial charge in [-0.2, -0.15) is 0 Å². The molecule has 0 N–H and O–H groups in total. The number of fused-ring (bicyclic) bond motifs is 6. The zero-order chi connectivity index (χ0) is 25.1. The third-order valence-corrected chi connectivity index (χ3v) is 8.51. The number of hydrogen-bond donors (Lipinski definition) is 0. The van der Waals surface area contributed by atoms with Crippen molar-refractivity contribution in [2.24, 2.45) is 0 Å². The predicted octanol–water partition coefficient (Wildman–Crippen LogP) is 9.28. The summed E-state index contributed by atoms with van der Waals surface area (Å²) in [6, 6.07) is 40.9.